The second-order valence-corrected chi connectivity index (χ2v) is 5.28. The van der Waals surface area contributed by atoms with E-state index >= 15 is 0 Å². The van der Waals surface area contributed by atoms with Gasteiger partial charge in [-0.2, -0.15) is 0 Å². The number of carbonyl (C=O) groups excluding carboxylic acids is 1. The second kappa shape index (κ2) is 4.63. The molecule has 0 spiro atoms. The fourth-order valence-electron chi connectivity index (χ4n) is 2.54. The van der Waals surface area contributed by atoms with Crippen LogP contribution in [-0.4, -0.2) is 17.9 Å². The van der Waals surface area contributed by atoms with Gasteiger partial charge in [0.1, 0.15) is 0 Å². The minimum atomic E-state index is -0.377. The van der Waals surface area contributed by atoms with Gasteiger partial charge in [-0.05, 0) is 42.7 Å². The average molecular weight is 267 g/mol. The number of hydrogen-bond donors (Lipinski definition) is 1. The predicted molar refractivity (Wildman–Crippen MR) is 79.4 cm³/mol. The molecule has 0 atom stereocenters. The number of carbonyl (C=O) groups is 1. The molecule has 1 aliphatic carbocycles. The Kier molecular flexibility index (Phi) is 2.93. The number of aromatic nitrogens is 1. The minimum absolute atomic E-state index is 0.121. The smallest absolute Gasteiger partial charge is 0.237 e. The molecule has 102 valence electrons. The Bertz CT molecular complexity index is 618. The molecule has 20 heavy (non-hydrogen) atoms. The predicted octanol–water partition coefficient (Wildman–Crippen LogP) is 2.36. The van der Waals surface area contributed by atoms with E-state index in [0.29, 0.717) is 0 Å². The number of amides is 1. The molecule has 0 aliphatic heterocycles. The lowest BCUT2D eigenvalue weighted by molar-refractivity contribution is -0.120. The molecule has 4 heteroatoms. The summed E-state index contributed by atoms with van der Waals surface area (Å²) in [6, 6.07) is 11.3. The van der Waals surface area contributed by atoms with Crippen LogP contribution in [0.5, 0.6) is 0 Å². The molecule has 0 saturated heterocycles. The zero-order valence-electron chi connectivity index (χ0n) is 11.4. The Morgan fingerprint density at radius 2 is 1.95 bits per heavy atom. The van der Waals surface area contributed by atoms with Crippen molar-refractivity contribution in [3.05, 3.63) is 54.4 Å². The molecule has 1 aromatic heterocycles. The molecule has 2 aromatic rings. The Hall–Kier alpha value is -2.36. The number of hydrogen-bond acceptors (Lipinski definition) is 3. The first kappa shape index (κ1) is 12.7. The molecule has 1 heterocycles. The van der Waals surface area contributed by atoms with Crippen molar-refractivity contribution in [1.29, 1.82) is 0 Å². The van der Waals surface area contributed by atoms with Gasteiger partial charge >= 0.3 is 0 Å². The van der Waals surface area contributed by atoms with Gasteiger partial charge in [0.05, 0.1) is 17.3 Å². The van der Waals surface area contributed by atoms with Gasteiger partial charge < -0.3 is 10.6 Å². The Morgan fingerprint density at radius 3 is 2.50 bits per heavy atom. The average Bonchev–Trinajstić information content (AvgIpc) is 3.29. The van der Waals surface area contributed by atoms with Gasteiger partial charge in [-0.1, -0.05) is 12.1 Å². The molecule has 4 nitrogen and oxygen atoms in total. The first-order valence-electron chi connectivity index (χ1n) is 6.68. The van der Waals surface area contributed by atoms with E-state index in [-0.39, 0.29) is 11.3 Å². The van der Waals surface area contributed by atoms with Crippen LogP contribution in [0.25, 0.3) is 0 Å². The first-order valence-corrected chi connectivity index (χ1v) is 6.68. The second-order valence-electron chi connectivity index (χ2n) is 5.28. The van der Waals surface area contributed by atoms with Crippen LogP contribution < -0.4 is 10.6 Å². The molecule has 0 unspecified atom stereocenters. The summed E-state index contributed by atoms with van der Waals surface area (Å²) in [5, 5.41) is 0. The zero-order chi connectivity index (χ0) is 14.2. The van der Waals surface area contributed by atoms with Gasteiger partial charge in [0.2, 0.25) is 5.91 Å². The van der Waals surface area contributed by atoms with Crippen LogP contribution in [0, 0.1) is 0 Å². The summed E-state index contributed by atoms with van der Waals surface area (Å²) < 4.78 is 0. The first-order chi connectivity index (χ1) is 9.63. The van der Waals surface area contributed by atoms with E-state index in [1.165, 1.54) is 0 Å². The minimum Gasteiger partial charge on any atom is -0.399 e. The Morgan fingerprint density at radius 1 is 1.25 bits per heavy atom. The van der Waals surface area contributed by atoms with Crippen LogP contribution in [-0.2, 0) is 10.2 Å². The highest BCUT2D eigenvalue weighted by Gasteiger charge is 2.52. The van der Waals surface area contributed by atoms with Gasteiger partial charge in [-0.25, -0.2) is 0 Å². The van der Waals surface area contributed by atoms with E-state index in [1.54, 1.807) is 24.3 Å². The molecule has 1 amide bonds. The lowest BCUT2D eigenvalue weighted by Gasteiger charge is -2.23. The maximum atomic E-state index is 12.8. The van der Waals surface area contributed by atoms with Gasteiger partial charge in [0, 0.05) is 18.9 Å². The molecule has 2 N–H and O–H groups in total. The largest absolute Gasteiger partial charge is 0.399 e. The van der Waals surface area contributed by atoms with Gasteiger partial charge in [-0.3, -0.25) is 9.78 Å². The summed E-state index contributed by atoms with van der Waals surface area (Å²) in [5.41, 5.74) is 7.92. The summed E-state index contributed by atoms with van der Waals surface area (Å²) in [5.74, 6) is 0.121. The van der Waals surface area contributed by atoms with E-state index in [1.807, 2.05) is 36.4 Å². The van der Waals surface area contributed by atoms with E-state index in [2.05, 4.69) is 4.98 Å². The SMILES string of the molecule is CN(C(=O)C1(c2ccc(N)cc2)CC1)c1cccnc1. The zero-order valence-corrected chi connectivity index (χ0v) is 11.4. The molecule has 1 saturated carbocycles. The number of benzene rings is 1. The van der Waals surface area contributed by atoms with Crippen molar-refractivity contribution in [3.8, 4) is 0 Å². The number of nitrogens with two attached hydrogens (primary N) is 1. The molecule has 1 aliphatic rings. The third-order valence-corrected chi connectivity index (χ3v) is 3.96. The van der Waals surface area contributed by atoms with Gasteiger partial charge in [0.15, 0.2) is 0 Å². The van der Waals surface area contributed by atoms with E-state index in [0.717, 1.165) is 29.8 Å². The monoisotopic (exact) mass is 267 g/mol. The highest BCUT2D eigenvalue weighted by Crippen LogP contribution is 2.50. The van der Waals surface area contributed by atoms with Crippen LogP contribution in [0.4, 0.5) is 11.4 Å². The van der Waals surface area contributed by atoms with Gasteiger partial charge in [-0.15, -0.1) is 0 Å². The standard InChI is InChI=1S/C16H17N3O/c1-19(14-3-2-10-18-11-14)15(20)16(8-9-16)12-4-6-13(17)7-5-12/h2-7,10-11H,8-9,17H2,1H3. The quantitative estimate of drug-likeness (QED) is 0.868. The molecule has 0 radical (unpaired) electrons. The normalized spacial score (nSPS) is 15.7. The number of pyridine rings is 1. The summed E-state index contributed by atoms with van der Waals surface area (Å²) in [6.07, 6.45) is 5.19. The third kappa shape index (κ3) is 2.03. The molecular formula is C16H17N3O. The van der Waals surface area contributed by atoms with Crippen LogP contribution in [0.2, 0.25) is 0 Å². The highest BCUT2D eigenvalue weighted by molar-refractivity contribution is 6.02. The number of nitrogen functional groups attached to an aromatic ring is 1. The molecule has 0 bridgehead atoms. The summed E-state index contributed by atoms with van der Waals surface area (Å²) in [4.78, 5) is 18.5. The van der Waals surface area contributed by atoms with Crippen molar-refractivity contribution in [3.63, 3.8) is 0 Å². The van der Waals surface area contributed by atoms with Gasteiger partial charge in [0.25, 0.3) is 0 Å². The highest BCUT2D eigenvalue weighted by atomic mass is 16.2. The van der Waals surface area contributed by atoms with Crippen LogP contribution in [0.3, 0.4) is 0 Å². The van der Waals surface area contributed by atoms with Crippen LogP contribution in [0.1, 0.15) is 18.4 Å². The van der Waals surface area contributed by atoms with E-state index < -0.39 is 0 Å². The molecular weight excluding hydrogens is 250 g/mol. The number of likely N-dealkylation sites (N-methyl/N-ethyl adjacent to an activating group) is 1. The van der Waals surface area contributed by atoms with Crippen molar-refractivity contribution in [1.82, 2.24) is 4.98 Å². The summed E-state index contributed by atoms with van der Waals surface area (Å²) >= 11 is 0. The lowest BCUT2D eigenvalue weighted by Crippen LogP contribution is -2.36. The van der Waals surface area contributed by atoms with Crippen molar-refractivity contribution >= 4 is 17.3 Å². The molecule has 3 rings (SSSR count). The fourth-order valence-corrected chi connectivity index (χ4v) is 2.54. The Labute approximate surface area is 118 Å². The van der Waals surface area contributed by atoms with E-state index in [4.69, 9.17) is 5.73 Å². The number of anilines is 2. The van der Waals surface area contributed by atoms with Crippen molar-refractivity contribution < 1.29 is 4.79 Å². The van der Waals surface area contributed by atoms with E-state index in [9.17, 15) is 4.79 Å². The lowest BCUT2D eigenvalue weighted by atomic mass is 9.94. The maximum Gasteiger partial charge on any atom is 0.237 e. The topological polar surface area (TPSA) is 59.2 Å². The Balaban J connectivity index is 1.88. The number of nitrogens with zero attached hydrogens (tertiary/aromatic N) is 2. The third-order valence-electron chi connectivity index (χ3n) is 3.96. The summed E-state index contributed by atoms with van der Waals surface area (Å²) in [7, 11) is 1.80. The van der Waals surface area contributed by atoms with Crippen LogP contribution in [0.15, 0.2) is 48.8 Å². The number of rotatable bonds is 3. The fraction of sp³-hybridized carbons (Fsp3) is 0.250. The van der Waals surface area contributed by atoms with Crippen LogP contribution >= 0.6 is 0 Å². The molecule has 1 aromatic carbocycles. The van der Waals surface area contributed by atoms with Crippen molar-refractivity contribution in [2.75, 3.05) is 17.7 Å². The van der Waals surface area contributed by atoms with Crippen molar-refractivity contribution in [2.45, 2.75) is 18.3 Å². The summed E-state index contributed by atoms with van der Waals surface area (Å²) in [6.45, 7) is 0. The molecule has 1 fully saturated rings. The van der Waals surface area contributed by atoms with Crippen molar-refractivity contribution in [2.24, 2.45) is 0 Å². The maximum absolute atomic E-state index is 12.8.